The van der Waals surface area contributed by atoms with Gasteiger partial charge in [0.1, 0.15) is 10.6 Å². The lowest BCUT2D eigenvalue weighted by Crippen LogP contribution is -2.06. The molecule has 1 aromatic rings. The number of ether oxygens (including phenoxy) is 1. The Morgan fingerprint density at radius 1 is 1.50 bits per heavy atom. The third kappa shape index (κ3) is 2.56. The first kappa shape index (κ1) is 13.0. The Bertz CT molecular complexity index is 506. The van der Waals surface area contributed by atoms with E-state index in [-0.39, 0.29) is 0 Å². The smallest absolute Gasteiger partial charge is 0.281 e. The van der Waals surface area contributed by atoms with Gasteiger partial charge >= 0.3 is 0 Å². The van der Waals surface area contributed by atoms with Crippen molar-refractivity contribution in [3.05, 3.63) is 17.6 Å². The summed E-state index contributed by atoms with van der Waals surface area (Å²) >= 11 is 0. The summed E-state index contributed by atoms with van der Waals surface area (Å²) < 4.78 is 64.3. The van der Waals surface area contributed by atoms with Crippen molar-refractivity contribution in [2.24, 2.45) is 0 Å². The number of hydrogen-bond acceptors (Lipinski definition) is 4. The fourth-order valence-electron chi connectivity index (χ4n) is 0.992. The van der Waals surface area contributed by atoms with Crippen molar-refractivity contribution in [1.82, 2.24) is 4.98 Å². The second-order valence-electron chi connectivity index (χ2n) is 2.60. The molecule has 0 fully saturated rings. The predicted molar refractivity (Wildman–Crippen MR) is 48.7 cm³/mol. The zero-order valence-electron chi connectivity index (χ0n) is 7.75. The van der Waals surface area contributed by atoms with Gasteiger partial charge < -0.3 is 4.74 Å². The van der Waals surface area contributed by atoms with E-state index in [1.807, 2.05) is 0 Å². The number of rotatable bonds is 3. The molecule has 0 aliphatic carbocycles. The summed E-state index contributed by atoms with van der Waals surface area (Å²) in [6.07, 6.45) is -3.28. The maximum atomic E-state index is 13.2. The number of aromatic nitrogens is 1. The van der Waals surface area contributed by atoms with Crippen molar-refractivity contribution in [1.29, 1.82) is 0 Å². The highest BCUT2D eigenvalue weighted by atomic mass is 35.7. The lowest BCUT2D eigenvalue weighted by atomic mass is 10.3. The summed E-state index contributed by atoms with van der Waals surface area (Å²) in [4.78, 5) is 1.81. The Kier molecular flexibility index (Phi) is 3.64. The minimum absolute atomic E-state index is 0.461. The van der Waals surface area contributed by atoms with Gasteiger partial charge in [-0.15, -0.1) is 0 Å². The zero-order valence-corrected chi connectivity index (χ0v) is 9.32. The molecule has 0 aliphatic heterocycles. The summed E-state index contributed by atoms with van der Waals surface area (Å²) in [6, 6.07) is 0.557. The van der Waals surface area contributed by atoms with E-state index in [4.69, 9.17) is 10.7 Å². The fraction of sp³-hybridized carbons (Fsp3) is 0.286. The standard InChI is InChI=1S/C7H5ClF3NO3S/c1-15-4-2-3(9)6(16(8,13)14)5(12-4)7(10)11/h2,7H,1H3. The maximum Gasteiger partial charge on any atom is 0.281 e. The normalized spacial score (nSPS) is 11.9. The highest BCUT2D eigenvalue weighted by Crippen LogP contribution is 2.31. The summed E-state index contributed by atoms with van der Waals surface area (Å²) in [7, 11) is 1.27. The van der Waals surface area contributed by atoms with Gasteiger partial charge in [-0.25, -0.2) is 26.6 Å². The van der Waals surface area contributed by atoms with Gasteiger partial charge in [0.25, 0.3) is 15.5 Å². The molecule has 0 spiro atoms. The molecular weight excluding hydrogens is 271 g/mol. The highest BCUT2D eigenvalue weighted by molar-refractivity contribution is 8.13. The average Bonchev–Trinajstić information content (AvgIpc) is 2.14. The molecule has 4 nitrogen and oxygen atoms in total. The van der Waals surface area contributed by atoms with Gasteiger partial charge in [-0.05, 0) is 0 Å². The van der Waals surface area contributed by atoms with Gasteiger partial charge in [-0.3, -0.25) is 0 Å². The predicted octanol–water partition coefficient (Wildman–Crippen LogP) is 2.09. The first-order valence-corrected chi connectivity index (χ1v) is 6.05. The van der Waals surface area contributed by atoms with E-state index in [0.717, 1.165) is 7.11 Å². The van der Waals surface area contributed by atoms with Crippen LogP contribution in [0.1, 0.15) is 12.1 Å². The van der Waals surface area contributed by atoms with Crippen molar-refractivity contribution < 1.29 is 26.3 Å². The largest absolute Gasteiger partial charge is 0.481 e. The van der Waals surface area contributed by atoms with Crippen LogP contribution in [0.25, 0.3) is 0 Å². The van der Waals surface area contributed by atoms with E-state index in [1.165, 1.54) is 0 Å². The van der Waals surface area contributed by atoms with Gasteiger partial charge in [0.05, 0.1) is 7.11 Å². The van der Waals surface area contributed by atoms with Crippen LogP contribution in [0.3, 0.4) is 0 Å². The molecule has 0 radical (unpaired) electrons. The Hall–Kier alpha value is -1.02. The van der Waals surface area contributed by atoms with Gasteiger partial charge in [0.15, 0.2) is 5.82 Å². The molecule has 9 heteroatoms. The van der Waals surface area contributed by atoms with Gasteiger partial charge in [-0.1, -0.05) is 0 Å². The van der Waals surface area contributed by atoms with E-state index >= 15 is 0 Å². The molecular formula is C7H5ClF3NO3S. The topological polar surface area (TPSA) is 56.3 Å². The van der Waals surface area contributed by atoms with Crippen LogP contribution in [0.5, 0.6) is 5.88 Å². The Balaban J connectivity index is 3.59. The second kappa shape index (κ2) is 4.46. The van der Waals surface area contributed by atoms with Gasteiger partial charge in [-0.2, -0.15) is 0 Å². The number of alkyl halides is 2. The van der Waals surface area contributed by atoms with Gasteiger partial charge in [0.2, 0.25) is 5.88 Å². The number of nitrogens with zero attached hydrogens (tertiary/aromatic N) is 1. The SMILES string of the molecule is COc1cc(F)c(S(=O)(=O)Cl)c(C(F)F)n1. The quantitative estimate of drug-likeness (QED) is 0.793. The van der Waals surface area contributed by atoms with Crippen LogP contribution in [0.15, 0.2) is 11.0 Å². The average molecular weight is 276 g/mol. The van der Waals surface area contributed by atoms with Crippen molar-refractivity contribution in [3.63, 3.8) is 0 Å². The lowest BCUT2D eigenvalue weighted by molar-refractivity contribution is 0.140. The molecule has 16 heavy (non-hydrogen) atoms. The summed E-state index contributed by atoms with van der Waals surface area (Å²) in [5, 5.41) is 0. The highest BCUT2D eigenvalue weighted by Gasteiger charge is 2.28. The van der Waals surface area contributed by atoms with E-state index < -0.39 is 37.8 Å². The molecule has 0 saturated carbocycles. The van der Waals surface area contributed by atoms with Crippen LogP contribution >= 0.6 is 10.7 Å². The molecule has 1 aromatic heterocycles. The van der Waals surface area contributed by atoms with Crippen molar-refractivity contribution in [2.45, 2.75) is 11.3 Å². The molecule has 0 atom stereocenters. The number of halogens is 4. The molecule has 0 N–H and O–H groups in total. The van der Waals surface area contributed by atoms with Crippen LogP contribution < -0.4 is 4.74 Å². The first-order chi connectivity index (χ1) is 7.27. The van der Waals surface area contributed by atoms with E-state index in [9.17, 15) is 21.6 Å². The van der Waals surface area contributed by atoms with Gasteiger partial charge in [0, 0.05) is 16.7 Å². The van der Waals surface area contributed by atoms with Crippen LogP contribution in [-0.4, -0.2) is 20.5 Å². The molecule has 90 valence electrons. The Morgan fingerprint density at radius 2 is 2.06 bits per heavy atom. The molecule has 0 amide bonds. The summed E-state index contributed by atoms with van der Waals surface area (Å²) in [5.41, 5.74) is -1.27. The summed E-state index contributed by atoms with van der Waals surface area (Å²) in [5.74, 6) is -1.89. The molecule has 0 unspecified atom stereocenters. The molecule has 1 rings (SSSR count). The summed E-state index contributed by atoms with van der Waals surface area (Å²) in [6.45, 7) is 0. The zero-order chi connectivity index (χ0) is 12.5. The van der Waals surface area contributed by atoms with Crippen molar-refractivity contribution >= 4 is 19.7 Å². The first-order valence-electron chi connectivity index (χ1n) is 3.74. The second-order valence-corrected chi connectivity index (χ2v) is 5.10. The number of methoxy groups -OCH3 is 1. The molecule has 0 bridgehead atoms. The van der Waals surface area contributed by atoms with E-state index in [1.54, 1.807) is 0 Å². The van der Waals surface area contributed by atoms with E-state index in [0.29, 0.717) is 6.07 Å². The van der Waals surface area contributed by atoms with Crippen LogP contribution in [0.4, 0.5) is 13.2 Å². The fourth-order valence-corrected chi connectivity index (χ4v) is 2.13. The van der Waals surface area contributed by atoms with E-state index in [2.05, 4.69) is 9.72 Å². The monoisotopic (exact) mass is 275 g/mol. The molecule has 0 aliphatic rings. The van der Waals surface area contributed by atoms with Crippen molar-refractivity contribution in [3.8, 4) is 5.88 Å². The molecule has 0 aromatic carbocycles. The number of pyridine rings is 1. The van der Waals surface area contributed by atoms with Crippen molar-refractivity contribution in [2.75, 3.05) is 7.11 Å². The Labute approximate surface area is 93.4 Å². The third-order valence-corrected chi connectivity index (χ3v) is 2.94. The lowest BCUT2D eigenvalue weighted by Gasteiger charge is -2.08. The van der Waals surface area contributed by atoms with Crippen LogP contribution in [-0.2, 0) is 9.05 Å². The number of hydrogen-bond donors (Lipinski definition) is 0. The third-order valence-electron chi connectivity index (χ3n) is 1.59. The Morgan fingerprint density at radius 3 is 2.44 bits per heavy atom. The molecule has 0 saturated heterocycles. The van der Waals surface area contributed by atoms with Crippen LogP contribution in [0, 0.1) is 5.82 Å². The van der Waals surface area contributed by atoms with Crippen LogP contribution in [0.2, 0.25) is 0 Å². The minimum atomic E-state index is -4.63. The molecule has 1 heterocycles. The minimum Gasteiger partial charge on any atom is -0.481 e. The maximum absolute atomic E-state index is 13.2.